The Morgan fingerprint density at radius 3 is 2.68 bits per heavy atom. The highest BCUT2D eigenvalue weighted by Gasteiger charge is 2.23. The summed E-state index contributed by atoms with van der Waals surface area (Å²) in [4.78, 5) is 11.8. The SMILES string of the molecule is NC(=O)[C@H](NC[C@H]1SCCc2ccccc21)c1ccccc1. The summed E-state index contributed by atoms with van der Waals surface area (Å²) in [7, 11) is 0. The van der Waals surface area contributed by atoms with Crippen LogP contribution in [0.4, 0.5) is 0 Å². The zero-order chi connectivity index (χ0) is 15.4. The Bertz CT molecular complexity index is 645. The summed E-state index contributed by atoms with van der Waals surface area (Å²) in [5.41, 5.74) is 9.29. The lowest BCUT2D eigenvalue weighted by Crippen LogP contribution is -2.36. The normalized spacial score (nSPS) is 18.5. The van der Waals surface area contributed by atoms with Gasteiger partial charge in [-0.25, -0.2) is 0 Å². The fraction of sp³-hybridized carbons (Fsp3) is 0.278. The van der Waals surface area contributed by atoms with Crippen LogP contribution >= 0.6 is 11.8 Å². The van der Waals surface area contributed by atoms with Crippen molar-refractivity contribution in [2.24, 2.45) is 5.73 Å². The molecule has 2 atom stereocenters. The monoisotopic (exact) mass is 312 g/mol. The largest absolute Gasteiger partial charge is 0.368 e. The molecule has 0 aromatic heterocycles. The number of thioether (sulfide) groups is 1. The van der Waals surface area contributed by atoms with Gasteiger partial charge in [-0.15, -0.1) is 0 Å². The highest BCUT2D eigenvalue weighted by atomic mass is 32.2. The van der Waals surface area contributed by atoms with Crippen LogP contribution in [-0.2, 0) is 11.2 Å². The molecule has 3 nitrogen and oxygen atoms in total. The number of primary amides is 1. The fourth-order valence-electron chi connectivity index (χ4n) is 2.90. The summed E-state index contributed by atoms with van der Waals surface area (Å²) in [6, 6.07) is 17.8. The molecule has 4 heteroatoms. The van der Waals surface area contributed by atoms with Gasteiger partial charge in [-0.2, -0.15) is 11.8 Å². The van der Waals surface area contributed by atoms with Crippen LogP contribution in [0.25, 0.3) is 0 Å². The Labute approximate surface area is 135 Å². The molecule has 3 N–H and O–H groups in total. The van der Waals surface area contributed by atoms with Crippen LogP contribution in [0.1, 0.15) is 28.0 Å². The molecule has 2 aromatic rings. The Kier molecular flexibility index (Phi) is 4.80. The van der Waals surface area contributed by atoms with E-state index >= 15 is 0 Å². The van der Waals surface area contributed by atoms with Crippen molar-refractivity contribution in [2.75, 3.05) is 12.3 Å². The van der Waals surface area contributed by atoms with Gasteiger partial charge in [0.2, 0.25) is 5.91 Å². The molecule has 1 amide bonds. The number of fused-ring (bicyclic) bond motifs is 1. The van der Waals surface area contributed by atoms with Gasteiger partial charge in [0.05, 0.1) is 0 Å². The molecule has 0 unspecified atom stereocenters. The highest BCUT2D eigenvalue weighted by Crippen LogP contribution is 2.36. The first-order valence-corrected chi connectivity index (χ1v) is 8.57. The van der Waals surface area contributed by atoms with Crippen LogP contribution in [-0.4, -0.2) is 18.2 Å². The zero-order valence-corrected chi connectivity index (χ0v) is 13.2. The van der Waals surface area contributed by atoms with Gasteiger partial charge in [-0.05, 0) is 28.9 Å². The van der Waals surface area contributed by atoms with Crippen LogP contribution in [0.15, 0.2) is 54.6 Å². The van der Waals surface area contributed by atoms with E-state index in [4.69, 9.17) is 5.73 Å². The number of carbonyl (C=O) groups is 1. The number of aryl methyl sites for hydroxylation is 1. The van der Waals surface area contributed by atoms with E-state index in [2.05, 4.69) is 29.6 Å². The maximum Gasteiger partial charge on any atom is 0.239 e. The Hall–Kier alpha value is -1.78. The summed E-state index contributed by atoms with van der Waals surface area (Å²) in [6.07, 6.45) is 1.12. The molecular formula is C18H20N2OS. The summed E-state index contributed by atoms with van der Waals surface area (Å²) in [5, 5.41) is 3.72. The minimum absolute atomic E-state index is 0.333. The third-order valence-electron chi connectivity index (χ3n) is 4.02. The van der Waals surface area contributed by atoms with Gasteiger partial charge < -0.3 is 11.1 Å². The fourth-order valence-corrected chi connectivity index (χ4v) is 4.14. The Morgan fingerprint density at radius 1 is 1.18 bits per heavy atom. The number of rotatable bonds is 5. The van der Waals surface area contributed by atoms with Gasteiger partial charge in [0.15, 0.2) is 0 Å². The third-order valence-corrected chi connectivity index (χ3v) is 5.28. The van der Waals surface area contributed by atoms with E-state index in [1.54, 1.807) is 0 Å². The first kappa shape index (κ1) is 15.1. The molecule has 3 rings (SSSR count). The molecule has 0 saturated heterocycles. The molecule has 114 valence electrons. The molecule has 0 bridgehead atoms. The quantitative estimate of drug-likeness (QED) is 0.892. The Balaban J connectivity index is 1.73. The standard InChI is InChI=1S/C18H20N2OS/c19-18(21)17(14-7-2-1-3-8-14)20-12-16-15-9-5-4-6-13(15)10-11-22-16/h1-9,16-17,20H,10-12H2,(H2,19,21)/t16-,17-/m1/s1. The van der Waals surface area contributed by atoms with E-state index in [0.29, 0.717) is 5.25 Å². The average molecular weight is 312 g/mol. The van der Waals surface area contributed by atoms with Crippen LogP contribution < -0.4 is 11.1 Å². The van der Waals surface area contributed by atoms with Gasteiger partial charge in [-0.1, -0.05) is 54.6 Å². The van der Waals surface area contributed by atoms with E-state index in [9.17, 15) is 4.79 Å². The topological polar surface area (TPSA) is 55.1 Å². The predicted molar refractivity (Wildman–Crippen MR) is 91.7 cm³/mol. The van der Waals surface area contributed by atoms with Crippen LogP contribution in [0.5, 0.6) is 0 Å². The lowest BCUT2D eigenvalue weighted by atomic mass is 10.0. The molecule has 2 aromatic carbocycles. The number of nitrogens with two attached hydrogens (primary N) is 1. The van der Waals surface area contributed by atoms with E-state index in [0.717, 1.165) is 24.3 Å². The smallest absolute Gasteiger partial charge is 0.239 e. The first-order valence-electron chi connectivity index (χ1n) is 7.53. The second-order valence-electron chi connectivity index (χ2n) is 5.46. The van der Waals surface area contributed by atoms with E-state index < -0.39 is 6.04 Å². The number of nitrogens with one attached hydrogen (secondary N) is 1. The summed E-state index contributed by atoms with van der Waals surface area (Å²) < 4.78 is 0. The molecule has 1 aliphatic rings. The molecule has 0 aliphatic carbocycles. The number of carbonyl (C=O) groups excluding carboxylic acids is 1. The average Bonchev–Trinajstić information content (AvgIpc) is 2.56. The van der Waals surface area contributed by atoms with E-state index in [1.807, 2.05) is 42.1 Å². The van der Waals surface area contributed by atoms with Gasteiger partial charge in [-0.3, -0.25) is 4.79 Å². The first-order chi connectivity index (χ1) is 10.8. The number of amides is 1. The lowest BCUT2D eigenvalue weighted by Gasteiger charge is -2.27. The van der Waals surface area contributed by atoms with Crippen molar-refractivity contribution in [3.63, 3.8) is 0 Å². The maximum atomic E-state index is 11.8. The second-order valence-corrected chi connectivity index (χ2v) is 6.77. The van der Waals surface area contributed by atoms with Crippen molar-refractivity contribution in [1.29, 1.82) is 0 Å². The molecular weight excluding hydrogens is 292 g/mol. The third kappa shape index (κ3) is 3.34. The lowest BCUT2D eigenvalue weighted by molar-refractivity contribution is -0.120. The maximum absolute atomic E-state index is 11.8. The number of hydrogen-bond acceptors (Lipinski definition) is 3. The molecule has 0 spiro atoms. The van der Waals surface area contributed by atoms with Crippen molar-refractivity contribution >= 4 is 17.7 Å². The van der Waals surface area contributed by atoms with Crippen molar-refractivity contribution in [1.82, 2.24) is 5.32 Å². The van der Waals surface area contributed by atoms with Crippen molar-refractivity contribution < 1.29 is 4.79 Å². The second kappa shape index (κ2) is 6.99. The number of benzene rings is 2. The van der Waals surface area contributed by atoms with Crippen molar-refractivity contribution in [3.05, 3.63) is 71.3 Å². The molecule has 22 heavy (non-hydrogen) atoms. The predicted octanol–water partition coefficient (Wildman–Crippen LogP) is 2.83. The van der Waals surface area contributed by atoms with Crippen molar-refractivity contribution in [2.45, 2.75) is 17.7 Å². The summed E-state index contributed by atoms with van der Waals surface area (Å²) in [6.45, 7) is 0.740. The van der Waals surface area contributed by atoms with Crippen molar-refractivity contribution in [3.8, 4) is 0 Å². The minimum atomic E-state index is -0.434. The van der Waals surface area contributed by atoms with Gasteiger partial charge in [0.1, 0.15) is 6.04 Å². The van der Waals surface area contributed by atoms with Gasteiger partial charge >= 0.3 is 0 Å². The summed E-state index contributed by atoms with van der Waals surface area (Å²) in [5.74, 6) is 0.788. The van der Waals surface area contributed by atoms with E-state index in [-0.39, 0.29) is 5.91 Å². The summed E-state index contributed by atoms with van der Waals surface area (Å²) >= 11 is 1.94. The van der Waals surface area contributed by atoms with Crippen LogP contribution in [0, 0.1) is 0 Å². The molecule has 0 fully saturated rings. The van der Waals surface area contributed by atoms with Crippen LogP contribution in [0.3, 0.4) is 0 Å². The molecule has 0 radical (unpaired) electrons. The Morgan fingerprint density at radius 2 is 1.91 bits per heavy atom. The zero-order valence-electron chi connectivity index (χ0n) is 12.4. The molecule has 1 aliphatic heterocycles. The molecule has 1 heterocycles. The molecule has 0 saturated carbocycles. The van der Waals surface area contributed by atoms with E-state index in [1.165, 1.54) is 11.1 Å². The van der Waals surface area contributed by atoms with Crippen LogP contribution in [0.2, 0.25) is 0 Å². The number of hydrogen-bond donors (Lipinski definition) is 2. The minimum Gasteiger partial charge on any atom is -0.368 e. The highest BCUT2D eigenvalue weighted by molar-refractivity contribution is 7.99. The van der Waals surface area contributed by atoms with Gasteiger partial charge in [0, 0.05) is 11.8 Å². The van der Waals surface area contributed by atoms with Gasteiger partial charge in [0.25, 0.3) is 0 Å².